The highest BCUT2D eigenvalue weighted by atomic mass is 16.2. The maximum atomic E-state index is 13.4. The molecule has 6 heteroatoms. The van der Waals surface area contributed by atoms with Crippen molar-refractivity contribution in [2.24, 2.45) is 5.92 Å². The van der Waals surface area contributed by atoms with Gasteiger partial charge in [-0.2, -0.15) is 0 Å². The molecule has 2 aromatic rings. The number of hydrogen-bond donors (Lipinski definition) is 1. The van der Waals surface area contributed by atoms with Crippen molar-refractivity contribution < 1.29 is 9.59 Å². The predicted octanol–water partition coefficient (Wildman–Crippen LogP) is 5.25. The summed E-state index contributed by atoms with van der Waals surface area (Å²) in [6, 6.07) is 14.0. The van der Waals surface area contributed by atoms with Crippen LogP contribution in [-0.4, -0.2) is 47.9 Å². The first-order valence-electron chi connectivity index (χ1n) is 12.6. The molecule has 0 aliphatic carbocycles. The molecule has 0 saturated heterocycles. The van der Waals surface area contributed by atoms with E-state index in [0.717, 1.165) is 42.9 Å². The van der Waals surface area contributed by atoms with Gasteiger partial charge in [-0.05, 0) is 50.8 Å². The number of nitrogens with one attached hydrogen (secondary N) is 1. The zero-order chi connectivity index (χ0) is 24.5. The Hall–Kier alpha value is -3.15. The van der Waals surface area contributed by atoms with Gasteiger partial charge in [0, 0.05) is 32.1 Å². The first-order chi connectivity index (χ1) is 16.5. The van der Waals surface area contributed by atoms with Crippen LogP contribution >= 0.6 is 0 Å². The van der Waals surface area contributed by atoms with Gasteiger partial charge in [0.05, 0.1) is 17.8 Å². The van der Waals surface area contributed by atoms with Gasteiger partial charge in [-0.1, -0.05) is 55.8 Å². The molecule has 0 spiro atoms. The van der Waals surface area contributed by atoms with E-state index >= 15 is 0 Å². The van der Waals surface area contributed by atoms with Crippen molar-refractivity contribution in [3.8, 4) is 0 Å². The fraction of sp³-hybridized carbons (Fsp3) is 0.464. The SMILES string of the molecule is CCC(CC)C(=O)Nc1ccc(N2CC=C(C(C(=O)N(CC)CC)c3ccccc3)CC2)nc1. The van der Waals surface area contributed by atoms with Gasteiger partial charge >= 0.3 is 0 Å². The minimum Gasteiger partial charge on any atom is -0.353 e. The third kappa shape index (κ3) is 6.04. The van der Waals surface area contributed by atoms with E-state index in [9.17, 15) is 9.59 Å². The summed E-state index contributed by atoms with van der Waals surface area (Å²) < 4.78 is 0. The molecule has 1 N–H and O–H groups in total. The van der Waals surface area contributed by atoms with Crippen LogP contribution in [0.15, 0.2) is 60.3 Å². The number of likely N-dealkylation sites (N-methyl/N-ethyl adjacent to an activating group) is 1. The summed E-state index contributed by atoms with van der Waals surface area (Å²) in [6.45, 7) is 11.1. The van der Waals surface area contributed by atoms with Crippen molar-refractivity contribution >= 4 is 23.3 Å². The lowest BCUT2D eigenvalue weighted by molar-refractivity contribution is -0.131. The number of pyridine rings is 1. The molecular weight excluding hydrogens is 424 g/mol. The van der Waals surface area contributed by atoms with Gasteiger partial charge in [0.15, 0.2) is 0 Å². The number of nitrogens with zero attached hydrogens (tertiary/aromatic N) is 3. The van der Waals surface area contributed by atoms with Crippen molar-refractivity contribution in [2.45, 2.75) is 52.9 Å². The van der Waals surface area contributed by atoms with Crippen LogP contribution in [0.1, 0.15) is 58.4 Å². The van der Waals surface area contributed by atoms with E-state index in [1.165, 1.54) is 5.57 Å². The van der Waals surface area contributed by atoms with Gasteiger partial charge in [-0.15, -0.1) is 0 Å². The van der Waals surface area contributed by atoms with E-state index in [1.807, 2.05) is 62.9 Å². The normalized spacial score (nSPS) is 14.5. The zero-order valence-electron chi connectivity index (χ0n) is 21.0. The standard InChI is InChI=1S/C28H38N4O2/c1-5-21(6-2)27(33)30-24-14-15-25(29-20-24)32-18-16-23(17-19-32)26(22-12-10-9-11-13-22)28(34)31(7-3)8-4/h9-16,20-21,26H,5-8,17-19H2,1-4H3,(H,30,33). The smallest absolute Gasteiger partial charge is 0.234 e. The van der Waals surface area contributed by atoms with E-state index in [4.69, 9.17) is 0 Å². The quantitative estimate of drug-likeness (QED) is 0.490. The third-order valence-electron chi connectivity index (χ3n) is 6.77. The van der Waals surface area contributed by atoms with Crippen LogP contribution in [-0.2, 0) is 9.59 Å². The molecule has 1 aliphatic heterocycles. The summed E-state index contributed by atoms with van der Waals surface area (Å²) in [5.74, 6) is 0.893. The summed E-state index contributed by atoms with van der Waals surface area (Å²) in [5, 5.41) is 2.97. The second-order valence-corrected chi connectivity index (χ2v) is 8.74. The maximum absolute atomic E-state index is 13.4. The van der Waals surface area contributed by atoms with E-state index in [1.54, 1.807) is 6.20 Å². The molecule has 1 aromatic carbocycles. The number of carbonyl (C=O) groups excluding carboxylic acids is 2. The third-order valence-corrected chi connectivity index (χ3v) is 6.77. The molecule has 3 rings (SSSR count). The Balaban J connectivity index is 1.72. The summed E-state index contributed by atoms with van der Waals surface area (Å²) in [4.78, 5) is 34.5. The van der Waals surface area contributed by atoms with Crippen LogP contribution in [0, 0.1) is 5.92 Å². The Morgan fingerprint density at radius 1 is 1.03 bits per heavy atom. The first-order valence-corrected chi connectivity index (χ1v) is 12.6. The highest BCUT2D eigenvalue weighted by Gasteiger charge is 2.29. The molecular formula is C28H38N4O2. The Kier molecular flexibility index (Phi) is 9.25. The number of amides is 2. The van der Waals surface area contributed by atoms with Gasteiger partial charge in [0.25, 0.3) is 0 Å². The van der Waals surface area contributed by atoms with E-state index < -0.39 is 0 Å². The van der Waals surface area contributed by atoms with E-state index in [0.29, 0.717) is 19.6 Å². The van der Waals surface area contributed by atoms with E-state index in [2.05, 4.69) is 33.4 Å². The summed E-state index contributed by atoms with van der Waals surface area (Å²) in [6.07, 6.45) is 6.38. The molecule has 34 heavy (non-hydrogen) atoms. The summed E-state index contributed by atoms with van der Waals surface area (Å²) in [7, 11) is 0. The highest BCUT2D eigenvalue weighted by molar-refractivity contribution is 5.92. The highest BCUT2D eigenvalue weighted by Crippen LogP contribution is 2.32. The van der Waals surface area contributed by atoms with Crippen LogP contribution in [0.3, 0.4) is 0 Å². The van der Waals surface area contributed by atoms with Crippen LogP contribution in [0.4, 0.5) is 11.5 Å². The summed E-state index contributed by atoms with van der Waals surface area (Å²) >= 11 is 0. The average Bonchev–Trinajstić information content (AvgIpc) is 2.87. The molecule has 0 fully saturated rings. The number of carbonyl (C=O) groups is 2. The van der Waals surface area contributed by atoms with Gasteiger partial charge in [-0.25, -0.2) is 4.98 Å². The Bertz CT molecular complexity index is 964. The number of hydrogen-bond acceptors (Lipinski definition) is 4. The number of benzene rings is 1. The van der Waals surface area contributed by atoms with Crippen molar-refractivity contribution in [1.82, 2.24) is 9.88 Å². The van der Waals surface area contributed by atoms with Crippen molar-refractivity contribution in [2.75, 3.05) is 36.4 Å². The van der Waals surface area contributed by atoms with Crippen molar-refractivity contribution in [1.29, 1.82) is 0 Å². The first kappa shape index (κ1) is 25.5. The lowest BCUT2D eigenvalue weighted by atomic mass is 9.86. The molecule has 2 amide bonds. The minimum atomic E-state index is -0.237. The number of anilines is 2. The lowest BCUT2D eigenvalue weighted by Crippen LogP contribution is -2.38. The topological polar surface area (TPSA) is 65.5 Å². The van der Waals surface area contributed by atoms with Crippen molar-refractivity contribution in [3.63, 3.8) is 0 Å². The molecule has 1 aromatic heterocycles. The van der Waals surface area contributed by atoms with Gasteiger partial charge in [0.2, 0.25) is 11.8 Å². The Morgan fingerprint density at radius 2 is 1.74 bits per heavy atom. The molecule has 6 nitrogen and oxygen atoms in total. The molecule has 1 unspecified atom stereocenters. The largest absolute Gasteiger partial charge is 0.353 e. The second kappa shape index (κ2) is 12.4. The van der Waals surface area contributed by atoms with Gasteiger partial charge in [-0.3, -0.25) is 9.59 Å². The molecule has 0 bridgehead atoms. The monoisotopic (exact) mass is 462 g/mol. The maximum Gasteiger partial charge on any atom is 0.234 e. The van der Waals surface area contributed by atoms with Crippen LogP contribution in [0.2, 0.25) is 0 Å². The Labute approximate surface area is 204 Å². The molecule has 0 radical (unpaired) electrons. The molecule has 2 heterocycles. The minimum absolute atomic E-state index is 0.0296. The molecule has 0 saturated carbocycles. The Morgan fingerprint density at radius 3 is 2.26 bits per heavy atom. The molecule has 182 valence electrons. The summed E-state index contributed by atoms with van der Waals surface area (Å²) in [5.41, 5.74) is 2.95. The fourth-order valence-electron chi connectivity index (χ4n) is 4.58. The molecule has 1 atom stereocenters. The lowest BCUT2D eigenvalue weighted by Gasteiger charge is -2.32. The predicted molar refractivity (Wildman–Crippen MR) is 139 cm³/mol. The van der Waals surface area contributed by atoms with E-state index in [-0.39, 0.29) is 23.7 Å². The number of aromatic nitrogens is 1. The van der Waals surface area contributed by atoms with Gasteiger partial charge < -0.3 is 15.1 Å². The van der Waals surface area contributed by atoms with Crippen LogP contribution in [0.5, 0.6) is 0 Å². The molecule has 1 aliphatic rings. The van der Waals surface area contributed by atoms with Crippen LogP contribution < -0.4 is 10.2 Å². The van der Waals surface area contributed by atoms with Gasteiger partial charge in [0.1, 0.15) is 5.82 Å². The van der Waals surface area contributed by atoms with Crippen LogP contribution in [0.25, 0.3) is 0 Å². The average molecular weight is 463 g/mol. The fourth-order valence-corrected chi connectivity index (χ4v) is 4.58. The second-order valence-electron chi connectivity index (χ2n) is 8.74. The van der Waals surface area contributed by atoms with Crippen molar-refractivity contribution in [3.05, 3.63) is 65.9 Å². The number of rotatable bonds is 10. The zero-order valence-corrected chi connectivity index (χ0v) is 21.0.